The fourth-order valence-electron chi connectivity index (χ4n) is 2.42. The molecule has 1 aliphatic rings. The van der Waals surface area contributed by atoms with Crippen molar-refractivity contribution in [2.45, 2.75) is 32.6 Å². The number of H-pyrrole nitrogens is 1. The second-order valence-corrected chi connectivity index (χ2v) is 6.16. The number of nitrogens with zero attached hydrogens (tertiary/aromatic N) is 1. The lowest BCUT2D eigenvalue weighted by atomic mass is 9.95. The molecule has 0 saturated heterocycles. The molecule has 1 heterocycles. The molecule has 0 radical (unpaired) electrons. The third-order valence-corrected chi connectivity index (χ3v) is 4.30. The number of nitrogens with one attached hydrogen (secondary N) is 1. The van der Waals surface area contributed by atoms with Gasteiger partial charge in [-0.2, -0.15) is 5.10 Å². The van der Waals surface area contributed by atoms with Crippen molar-refractivity contribution in [3.63, 3.8) is 0 Å². The third-order valence-electron chi connectivity index (χ3n) is 4.30. The molecule has 0 amide bonds. The summed E-state index contributed by atoms with van der Waals surface area (Å²) in [6.45, 7) is 1.95. The van der Waals surface area contributed by atoms with Gasteiger partial charge in [-0.05, 0) is 30.5 Å². The maximum Gasteiger partial charge on any atom is 0.185 e. The molecule has 4 nitrogen and oxygen atoms in total. The summed E-state index contributed by atoms with van der Waals surface area (Å²) < 4.78 is 12.9. The molecule has 0 bridgehead atoms. The van der Waals surface area contributed by atoms with E-state index < -0.39 is 0 Å². The second kappa shape index (κ2) is 5.48. The van der Waals surface area contributed by atoms with E-state index in [-0.39, 0.29) is 35.6 Å². The monoisotopic (exact) mass is 300 g/mol. The Bertz CT molecular complexity index is 715. The van der Waals surface area contributed by atoms with Gasteiger partial charge in [0.15, 0.2) is 5.78 Å². The topological polar surface area (TPSA) is 62.8 Å². The van der Waals surface area contributed by atoms with Crippen molar-refractivity contribution in [2.75, 3.05) is 0 Å². The molecular weight excluding hydrogens is 283 g/mol. The number of aromatic amines is 1. The van der Waals surface area contributed by atoms with Crippen LogP contribution >= 0.6 is 0 Å². The van der Waals surface area contributed by atoms with Crippen molar-refractivity contribution >= 4 is 11.6 Å². The van der Waals surface area contributed by atoms with E-state index >= 15 is 0 Å². The Balaban J connectivity index is 1.72. The fraction of sp³-hybridized carbons (Fsp3) is 0.353. The first-order valence-corrected chi connectivity index (χ1v) is 7.31. The van der Waals surface area contributed by atoms with E-state index in [0.29, 0.717) is 11.3 Å². The molecule has 114 valence electrons. The van der Waals surface area contributed by atoms with Gasteiger partial charge < -0.3 is 0 Å². The smallest absolute Gasteiger partial charge is 0.185 e. The molecule has 0 aliphatic heterocycles. The standard InChI is InChI=1S/C17H17FN2O2/c1-17(6-7-17)15(22)9-12-10-19-20-16(12)14(21)8-11-2-4-13(18)5-3-11/h2-5,10H,6-9H2,1H3,(H,19,20). The van der Waals surface area contributed by atoms with Gasteiger partial charge in [0.2, 0.25) is 0 Å². The normalized spacial score (nSPS) is 15.5. The van der Waals surface area contributed by atoms with Gasteiger partial charge >= 0.3 is 0 Å². The van der Waals surface area contributed by atoms with Gasteiger partial charge in [-0.3, -0.25) is 14.7 Å². The lowest BCUT2D eigenvalue weighted by Gasteiger charge is -2.07. The number of carbonyl (C=O) groups excluding carboxylic acids is 2. The van der Waals surface area contributed by atoms with Gasteiger partial charge in [0.1, 0.15) is 17.3 Å². The summed E-state index contributed by atoms with van der Waals surface area (Å²) in [5, 5.41) is 6.58. The lowest BCUT2D eigenvalue weighted by Crippen LogP contribution is -2.16. The second-order valence-electron chi connectivity index (χ2n) is 6.16. The van der Waals surface area contributed by atoms with Crippen LogP contribution < -0.4 is 0 Å². The Morgan fingerprint density at radius 1 is 1.23 bits per heavy atom. The summed E-state index contributed by atoms with van der Waals surface area (Å²) in [4.78, 5) is 24.5. The summed E-state index contributed by atoms with van der Waals surface area (Å²) >= 11 is 0. The van der Waals surface area contributed by atoms with E-state index in [2.05, 4.69) is 10.2 Å². The summed E-state index contributed by atoms with van der Waals surface area (Å²) in [5.41, 5.74) is 1.54. The van der Waals surface area contributed by atoms with Gasteiger partial charge in [-0.1, -0.05) is 19.1 Å². The summed E-state index contributed by atoms with van der Waals surface area (Å²) in [7, 11) is 0. The largest absolute Gasteiger partial charge is 0.299 e. The molecule has 1 N–H and O–H groups in total. The van der Waals surface area contributed by atoms with Gasteiger partial charge in [0.25, 0.3) is 0 Å². The van der Waals surface area contributed by atoms with Crippen molar-refractivity contribution in [3.05, 3.63) is 53.1 Å². The molecule has 0 unspecified atom stereocenters. The number of rotatable bonds is 6. The molecule has 1 saturated carbocycles. The van der Waals surface area contributed by atoms with E-state index in [4.69, 9.17) is 0 Å². The molecule has 0 atom stereocenters. The zero-order valence-corrected chi connectivity index (χ0v) is 12.4. The zero-order chi connectivity index (χ0) is 15.7. The SMILES string of the molecule is CC1(C(=O)Cc2cn[nH]c2C(=O)Cc2ccc(F)cc2)CC1. The van der Waals surface area contributed by atoms with Gasteiger partial charge in [0, 0.05) is 23.8 Å². The zero-order valence-electron chi connectivity index (χ0n) is 12.4. The molecule has 2 aromatic rings. The van der Waals surface area contributed by atoms with Crippen molar-refractivity contribution in [1.29, 1.82) is 0 Å². The minimum absolute atomic E-state index is 0.146. The van der Waals surface area contributed by atoms with Gasteiger partial charge in [-0.15, -0.1) is 0 Å². The molecular formula is C17H17FN2O2. The van der Waals surface area contributed by atoms with Crippen LogP contribution in [0.15, 0.2) is 30.5 Å². The van der Waals surface area contributed by atoms with Crippen LogP contribution in [0.3, 0.4) is 0 Å². The molecule has 1 aliphatic carbocycles. The van der Waals surface area contributed by atoms with E-state index in [1.807, 2.05) is 6.92 Å². The van der Waals surface area contributed by atoms with Crippen molar-refractivity contribution in [2.24, 2.45) is 5.41 Å². The van der Waals surface area contributed by atoms with Crippen LogP contribution in [0.4, 0.5) is 4.39 Å². The predicted octanol–water partition coefficient (Wildman–Crippen LogP) is 2.89. The first-order chi connectivity index (χ1) is 10.5. The molecule has 0 spiro atoms. The van der Waals surface area contributed by atoms with Crippen molar-refractivity contribution in [1.82, 2.24) is 10.2 Å². The van der Waals surface area contributed by atoms with Crippen LogP contribution in [0.25, 0.3) is 0 Å². The highest BCUT2D eigenvalue weighted by molar-refractivity contribution is 5.99. The van der Waals surface area contributed by atoms with Crippen LogP contribution in [0.5, 0.6) is 0 Å². The third kappa shape index (κ3) is 2.98. The Morgan fingerprint density at radius 3 is 2.55 bits per heavy atom. The van der Waals surface area contributed by atoms with Crippen molar-refractivity contribution < 1.29 is 14.0 Å². The highest BCUT2D eigenvalue weighted by atomic mass is 19.1. The van der Waals surface area contributed by atoms with Crippen LogP contribution in [-0.2, 0) is 17.6 Å². The number of hydrogen-bond acceptors (Lipinski definition) is 3. The maximum atomic E-state index is 12.9. The van der Waals surface area contributed by atoms with Crippen molar-refractivity contribution in [3.8, 4) is 0 Å². The summed E-state index contributed by atoms with van der Waals surface area (Å²) in [6, 6.07) is 5.82. The number of hydrogen-bond donors (Lipinski definition) is 1. The fourth-order valence-corrected chi connectivity index (χ4v) is 2.42. The minimum Gasteiger partial charge on any atom is -0.299 e. The van der Waals surface area contributed by atoms with E-state index in [1.54, 1.807) is 18.3 Å². The number of carbonyl (C=O) groups is 2. The maximum absolute atomic E-state index is 12.9. The average molecular weight is 300 g/mol. The Kier molecular flexibility index (Phi) is 3.64. The van der Waals surface area contributed by atoms with Gasteiger partial charge in [0.05, 0.1) is 6.20 Å². The van der Waals surface area contributed by atoms with E-state index in [0.717, 1.165) is 18.4 Å². The quantitative estimate of drug-likeness (QED) is 0.834. The van der Waals surface area contributed by atoms with Crippen LogP contribution in [0.2, 0.25) is 0 Å². The average Bonchev–Trinajstić information content (AvgIpc) is 3.08. The highest BCUT2D eigenvalue weighted by Gasteiger charge is 2.44. The number of aromatic nitrogens is 2. The highest BCUT2D eigenvalue weighted by Crippen LogP contribution is 2.46. The first-order valence-electron chi connectivity index (χ1n) is 7.31. The van der Waals surface area contributed by atoms with E-state index in [9.17, 15) is 14.0 Å². The Hall–Kier alpha value is -2.30. The van der Waals surface area contributed by atoms with E-state index in [1.165, 1.54) is 12.1 Å². The summed E-state index contributed by atoms with van der Waals surface area (Å²) in [6.07, 6.45) is 3.77. The molecule has 1 aromatic carbocycles. The van der Waals surface area contributed by atoms with Crippen LogP contribution in [0.1, 0.15) is 41.4 Å². The molecule has 1 fully saturated rings. The molecule has 5 heteroatoms. The van der Waals surface area contributed by atoms with Crippen LogP contribution in [0, 0.1) is 11.2 Å². The lowest BCUT2D eigenvalue weighted by molar-refractivity contribution is -0.122. The first kappa shape index (κ1) is 14.6. The number of benzene rings is 1. The predicted molar refractivity (Wildman–Crippen MR) is 79.1 cm³/mol. The van der Waals surface area contributed by atoms with Gasteiger partial charge in [-0.25, -0.2) is 4.39 Å². The Labute approximate surface area is 127 Å². The number of ketones is 2. The molecule has 3 rings (SSSR count). The Morgan fingerprint density at radius 2 is 1.91 bits per heavy atom. The number of Topliss-reactive ketones (excluding diaryl/α,β-unsaturated/α-hetero) is 2. The van der Waals surface area contributed by atoms with Crippen LogP contribution in [-0.4, -0.2) is 21.8 Å². The molecule has 22 heavy (non-hydrogen) atoms. The summed E-state index contributed by atoms with van der Waals surface area (Å²) in [5.74, 6) is -0.320. The number of halogens is 1. The minimum atomic E-state index is -0.332. The molecule has 1 aromatic heterocycles.